The number of rotatable bonds is 9. The second-order valence-electron chi connectivity index (χ2n) is 7.10. The van der Waals surface area contributed by atoms with E-state index in [4.69, 9.17) is 14.5 Å². The van der Waals surface area contributed by atoms with Crippen molar-refractivity contribution < 1.29 is 14.6 Å². The van der Waals surface area contributed by atoms with Crippen LogP contribution in [0.5, 0.6) is 11.5 Å². The highest BCUT2D eigenvalue weighted by atomic mass is 32.1. The van der Waals surface area contributed by atoms with Gasteiger partial charge in [-0.2, -0.15) is 0 Å². The lowest BCUT2D eigenvalue weighted by Crippen LogP contribution is -2.40. The molecular weight excluding hydrogens is 374 g/mol. The van der Waals surface area contributed by atoms with E-state index in [-0.39, 0.29) is 5.41 Å². The third kappa shape index (κ3) is 6.14. The van der Waals surface area contributed by atoms with E-state index in [0.717, 1.165) is 12.1 Å². The van der Waals surface area contributed by atoms with E-state index in [2.05, 4.69) is 42.0 Å². The predicted octanol–water partition coefficient (Wildman–Crippen LogP) is 3.33. The van der Waals surface area contributed by atoms with Gasteiger partial charge in [0.1, 0.15) is 11.5 Å². The molecule has 1 heterocycles. The summed E-state index contributed by atoms with van der Waals surface area (Å²) >= 11 is 1.74. The van der Waals surface area contributed by atoms with Gasteiger partial charge in [0.2, 0.25) is 0 Å². The molecule has 6 nitrogen and oxygen atoms in total. The highest BCUT2D eigenvalue weighted by Crippen LogP contribution is 2.28. The SMILES string of the molecule is CCNC(=NCC(C)(C)c1cccs1)NCC(O)c1cc(OC)cc(OC)c1. The molecule has 0 bridgehead atoms. The number of benzene rings is 1. The van der Waals surface area contributed by atoms with Gasteiger partial charge in [0.15, 0.2) is 5.96 Å². The number of hydrogen-bond acceptors (Lipinski definition) is 5. The minimum absolute atomic E-state index is 0.0463. The Morgan fingerprint density at radius 2 is 1.86 bits per heavy atom. The summed E-state index contributed by atoms with van der Waals surface area (Å²) in [7, 11) is 3.18. The average Bonchev–Trinajstić information content (AvgIpc) is 3.25. The molecule has 0 aliphatic carbocycles. The van der Waals surface area contributed by atoms with Crippen molar-refractivity contribution in [2.45, 2.75) is 32.3 Å². The number of ether oxygens (including phenoxy) is 2. The molecule has 0 spiro atoms. The Morgan fingerprint density at radius 1 is 1.18 bits per heavy atom. The summed E-state index contributed by atoms with van der Waals surface area (Å²) in [5.74, 6) is 1.97. The molecule has 154 valence electrons. The fourth-order valence-electron chi connectivity index (χ4n) is 2.69. The van der Waals surface area contributed by atoms with Gasteiger partial charge in [-0.15, -0.1) is 11.3 Å². The van der Waals surface area contributed by atoms with Crippen molar-refractivity contribution in [3.63, 3.8) is 0 Å². The molecule has 2 aromatic rings. The molecule has 3 N–H and O–H groups in total. The summed E-state index contributed by atoms with van der Waals surface area (Å²) in [6, 6.07) is 9.59. The van der Waals surface area contributed by atoms with Crippen LogP contribution in [0.1, 0.15) is 37.3 Å². The van der Waals surface area contributed by atoms with Crippen LogP contribution in [-0.2, 0) is 5.41 Å². The first-order valence-electron chi connectivity index (χ1n) is 9.36. The monoisotopic (exact) mass is 405 g/mol. The van der Waals surface area contributed by atoms with Gasteiger partial charge in [-0.05, 0) is 36.1 Å². The van der Waals surface area contributed by atoms with Crippen LogP contribution in [0, 0.1) is 0 Å². The van der Waals surface area contributed by atoms with Crippen molar-refractivity contribution in [3.8, 4) is 11.5 Å². The van der Waals surface area contributed by atoms with Gasteiger partial charge in [0.05, 0.1) is 26.9 Å². The van der Waals surface area contributed by atoms with Crippen LogP contribution < -0.4 is 20.1 Å². The smallest absolute Gasteiger partial charge is 0.191 e. The predicted molar refractivity (Wildman–Crippen MR) is 116 cm³/mol. The first-order chi connectivity index (χ1) is 13.4. The second-order valence-corrected chi connectivity index (χ2v) is 8.05. The molecule has 0 aliphatic heterocycles. The quantitative estimate of drug-likeness (QED) is 0.441. The first kappa shape index (κ1) is 22.0. The van der Waals surface area contributed by atoms with Crippen LogP contribution in [-0.4, -0.2) is 44.9 Å². The Morgan fingerprint density at radius 3 is 2.39 bits per heavy atom. The summed E-state index contributed by atoms with van der Waals surface area (Å²) < 4.78 is 10.6. The largest absolute Gasteiger partial charge is 0.497 e. The highest BCUT2D eigenvalue weighted by Gasteiger charge is 2.21. The number of aliphatic hydroxyl groups is 1. The molecule has 0 fully saturated rings. The van der Waals surface area contributed by atoms with E-state index >= 15 is 0 Å². The number of aliphatic hydroxyl groups excluding tert-OH is 1. The Labute approximate surface area is 171 Å². The van der Waals surface area contributed by atoms with Crippen molar-refractivity contribution in [1.82, 2.24) is 10.6 Å². The number of methoxy groups -OCH3 is 2. The molecule has 28 heavy (non-hydrogen) atoms. The van der Waals surface area contributed by atoms with E-state index in [0.29, 0.717) is 30.5 Å². The molecule has 0 amide bonds. The van der Waals surface area contributed by atoms with Crippen LogP contribution >= 0.6 is 11.3 Å². The van der Waals surface area contributed by atoms with Crippen molar-refractivity contribution >= 4 is 17.3 Å². The van der Waals surface area contributed by atoms with E-state index in [1.54, 1.807) is 43.8 Å². The van der Waals surface area contributed by atoms with Gasteiger partial charge >= 0.3 is 0 Å². The van der Waals surface area contributed by atoms with Crippen LogP contribution in [0.2, 0.25) is 0 Å². The highest BCUT2D eigenvalue weighted by molar-refractivity contribution is 7.10. The molecular formula is C21H31N3O3S. The maximum Gasteiger partial charge on any atom is 0.191 e. The van der Waals surface area contributed by atoms with Crippen LogP contribution in [0.4, 0.5) is 0 Å². The lowest BCUT2D eigenvalue weighted by Gasteiger charge is -2.22. The van der Waals surface area contributed by atoms with Gasteiger partial charge in [-0.1, -0.05) is 19.9 Å². The molecule has 1 atom stereocenters. The summed E-state index contributed by atoms with van der Waals surface area (Å²) in [5.41, 5.74) is 0.674. The minimum atomic E-state index is -0.724. The van der Waals surface area contributed by atoms with Crippen LogP contribution in [0.25, 0.3) is 0 Å². The molecule has 0 saturated carbocycles. The summed E-state index contributed by atoms with van der Waals surface area (Å²) in [4.78, 5) is 6.02. The molecule has 0 saturated heterocycles. The average molecular weight is 406 g/mol. The number of aliphatic imine (C=N–C) groups is 1. The standard InChI is InChI=1S/C21H31N3O3S/c1-6-22-20(24-14-21(2,3)19-8-7-9-28-19)23-13-18(25)15-10-16(26-4)12-17(11-15)27-5/h7-12,18,25H,6,13-14H2,1-5H3,(H2,22,23,24). The molecule has 1 aromatic heterocycles. The minimum Gasteiger partial charge on any atom is -0.497 e. The Hall–Kier alpha value is -2.25. The maximum atomic E-state index is 10.6. The molecule has 0 radical (unpaired) electrons. The number of hydrogen-bond donors (Lipinski definition) is 3. The normalized spacial score (nSPS) is 13.1. The Bertz CT molecular complexity index is 738. The topological polar surface area (TPSA) is 75.1 Å². The number of nitrogens with zero attached hydrogens (tertiary/aromatic N) is 1. The zero-order chi connectivity index (χ0) is 20.6. The third-order valence-electron chi connectivity index (χ3n) is 4.39. The number of guanidine groups is 1. The van der Waals surface area contributed by atoms with E-state index < -0.39 is 6.10 Å². The summed E-state index contributed by atoms with van der Waals surface area (Å²) in [6.07, 6.45) is -0.724. The van der Waals surface area contributed by atoms with Gasteiger partial charge < -0.3 is 25.2 Å². The summed E-state index contributed by atoms with van der Waals surface area (Å²) in [6.45, 7) is 8.10. The van der Waals surface area contributed by atoms with Gasteiger partial charge in [-0.3, -0.25) is 4.99 Å². The Kier molecular flexibility index (Phi) is 8.14. The Balaban J connectivity index is 2.04. The van der Waals surface area contributed by atoms with Gasteiger partial charge in [0.25, 0.3) is 0 Å². The molecule has 7 heteroatoms. The van der Waals surface area contributed by atoms with Crippen molar-refractivity contribution in [2.24, 2.45) is 4.99 Å². The molecule has 1 unspecified atom stereocenters. The van der Waals surface area contributed by atoms with Crippen LogP contribution in [0.3, 0.4) is 0 Å². The first-order valence-corrected chi connectivity index (χ1v) is 10.2. The summed E-state index contributed by atoms with van der Waals surface area (Å²) in [5, 5.41) is 19.1. The second kappa shape index (κ2) is 10.3. The van der Waals surface area contributed by atoms with E-state index in [1.807, 2.05) is 6.92 Å². The fraction of sp³-hybridized carbons (Fsp3) is 0.476. The third-order valence-corrected chi connectivity index (χ3v) is 5.62. The van der Waals surface area contributed by atoms with E-state index in [1.165, 1.54) is 4.88 Å². The lowest BCUT2D eigenvalue weighted by atomic mass is 9.92. The van der Waals surface area contributed by atoms with E-state index in [9.17, 15) is 5.11 Å². The molecule has 1 aromatic carbocycles. The van der Waals surface area contributed by atoms with Crippen LogP contribution in [0.15, 0.2) is 40.7 Å². The van der Waals surface area contributed by atoms with Crippen molar-refractivity contribution in [3.05, 3.63) is 46.2 Å². The van der Waals surface area contributed by atoms with Gasteiger partial charge in [0, 0.05) is 29.4 Å². The van der Waals surface area contributed by atoms with Crippen molar-refractivity contribution in [2.75, 3.05) is 33.9 Å². The zero-order valence-corrected chi connectivity index (χ0v) is 18.1. The fourth-order valence-corrected chi connectivity index (χ4v) is 3.54. The number of nitrogens with one attached hydrogen (secondary N) is 2. The molecule has 2 rings (SSSR count). The zero-order valence-electron chi connectivity index (χ0n) is 17.3. The van der Waals surface area contributed by atoms with Crippen molar-refractivity contribution in [1.29, 1.82) is 0 Å². The maximum absolute atomic E-state index is 10.6. The molecule has 0 aliphatic rings. The number of thiophene rings is 1. The lowest BCUT2D eigenvalue weighted by molar-refractivity contribution is 0.180. The van der Waals surface area contributed by atoms with Gasteiger partial charge in [-0.25, -0.2) is 0 Å².